The average molecular weight is 358 g/mol. The molecule has 0 bridgehead atoms. The lowest BCUT2D eigenvalue weighted by Crippen LogP contribution is -2.46. The van der Waals surface area contributed by atoms with Gasteiger partial charge in [0.25, 0.3) is 0 Å². The molecular formula is C15H26N4O4S. The van der Waals surface area contributed by atoms with Gasteiger partial charge in [-0.1, -0.05) is 25.9 Å². The number of nitrogens with zero attached hydrogens (tertiary/aromatic N) is 2. The van der Waals surface area contributed by atoms with Crippen molar-refractivity contribution < 1.29 is 17.7 Å². The summed E-state index contributed by atoms with van der Waals surface area (Å²) in [5, 5.41) is 6.67. The minimum Gasteiger partial charge on any atom is -0.338 e. The van der Waals surface area contributed by atoms with Crippen LogP contribution in [0.4, 0.5) is 5.88 Å². The molecule has 1 aliphatic rings. The van der Waals surface area contributed by atoms with Gasteiger partial charge in [-0.3, -0.25) is 15.0 Å². The average Bonchev–Trinajstić information content (AvgIpc) is 2.87. The quantitative estimate of drug-likeness (QED) is 0.811. The van der Waals surface area contributed by atoms with E-state index in [1.54, 1.807) is 6.07 Å². The summed E-state index contributed by atoms with van der Waals surface area (Å²) in [4.78, 5) is 14.1. The zero-order valence-electron chi connectivity index (χ0n) is 14.6. The molecule has 1 saturated heterocycles. The van der Waals surface area contributed by atoms with Gasteiger partial charge in [0.1, 0.15) is 0 Å². The van der Waals surface area contributed by atoms with E-state index in [-0.39, 0.29) is 23.9 Å². The molecule has 24 heavy (non-hydrogen) atoms. The van der Waals surface area contributed by atoms with E-state index < -0.39 is 10.0 Å². The number of hydrogen-bond donors (Lipinski definition) is 2. The second-order valence-corrected chi connectivity index (χ2v) is 9.10. The summed E-state index contributed by atoms with van der Waals surface area (Å²) >= 11 is 0. The molecule has 2 heterocycles. The van der Waals surface area contributed by atoms with Gasteiger partial charge in [0.05, 0.1) is 18.5 Å². The molecular weight excluding hydrogens is 332 g/mol. The predicted octanol–water partition coefficient (Wildman–Crippen LogP) is 0.924. The summed E-state index contributed by atoms with van der Waals surface area (Å²) in [6.07, 6.45) is 2.55. The summed E-state index contributed by atoms with van der Waals surface area (Å²) in [7, 11) is -3.18. The summed E-state index contributed by atoms with van der Waals surface area (Å²) in [6, 6.07) is 1.68. The molecule has 1 aromatic heterocycles. The van der Waals surface area contributed by atoms with Gasteiger partial charge in [-0.05, 0) is 12.8 Å². The molecule has 9 heteroatoms. The first-order chi connectivity index (χ1) is 11.0. The molecule has 0 spiro atoms. The van der Waals surface area contributed by atoms with E-state index >= 15 is 0 Å². The Kier molecular flexibility index (Phi) is 5.67. The maximum Gasteiger partial charge on any atom is 0.240 e. The molecule has 0 unspecified atom stereocenters. The van der Waals surface area contributed by atoms with Crippen LogP contribution in [0, 0.1) is 0 Å². The van der Waals surface area contributed by atoms with Crippen molar-refractivity contribution in [2.75, 3.05) is 31.2 Å². The number of sulfonamides is 1. The molecule has 136 valence electrons. The number of rotatable bonds is 5. The normalized spacial score (nSPS) is 17.8. The summed E-state index contributed by atoms with van der Waals surface area (Å²) < 4.78 is 30.2. The zero-order chi connectivity index (χ0) is 18.0. The maximum atomic E-state index is 12.1. The van der Waals surface area contributed by atoms with Crippen molar-refractivity contribution in [2.24, 2.45) is 0 Å². The van der Waals surface area contributed by atoms with Gasteiger partial charge in [-0.2, -0.15) is 0 Å². The van der Waals surface area contributed by atoms with Gasteiger partial charge in [0.15, 0.2) is 0 Å². The second-order valence-electron chi connectivity index (χ2n) is 7.32. The largest absolute Gasteiger partial charge is 0.338 e. The third-order valence-electron chi connectivity index (χ3n) is 3.88. The van der Waals surface area contributed by atoms with Crippen molar-refractivity contribution in [3.63, 3.8) is 0 Å². The Bertz CT molecular complexity index is 670. The number of carbonyl (C=O) groups is 1. The highest BCUT2D eigenvalue weighted by Gasteiger charge is 2.24. The van der Waals surface area contributed by atoms with Crippen LogP contribution >= 0.6 is 0 Å². The molecule has 0 aromatic carbocycles. The van der Waals surface area contributed by atoms with E-state index in [1.165, 1.54) is 0 Å². The number of hydrogen-bond acceptors (Lipinski definition) is 6. The van der Waals surface area contributed by atoms with E-state index in [2.05, 4.69) is 15.2 Å². The second kappa shape index (κ2) is 7.20. The van der Waals surface area contributed by atoms with Crippen LogP contribution in [-0.4, -0.2) is 56.3 Å². The van der Waals surface area contributed by atoms with E-state index in [9.17, 15) is 13.2 Å². The number of likely N-dealkylation sites (tertiary alicyclic amines) is 1. The topological polar surface area (TPSA) is 105 Å². The van der Waals surface area contributed by atoms with Gasteiger partial charge in [-0.25, -0.2) is 13.1 Å². The van der Waals surface area contributed by atoms with E-state index in [4.69, 9.17) is 4.52 Å². The van der Waals surface area contributed by atoms with Crippen molar-refractivity contribution in [3.8, 4) is 0 Å². The van der Waals surface area contributed by atoms with Crippen LogP contribution in [0.5, 0.6) is 0 Å². The summed E-state index contributed by atoms with van der Waals surface area (Å²) in [6.45, 7) is 7.65. The first-order valence-corrected chi connectivity index (χ1v) is 9.89. The van der Waals surface area contributed by atoms with Crippen molar-refractivity contribution >= 4 is 21.8 Å². The number of carbonyl (C=O) groups excluding carboxylic acids is 1. The van der Waals surface area contributed by atoms with Crippen molar-refractivity contribution in [1.82, 2.24) is 14.8 Å². The highest BCUT2D eigenvalue weighted by molar-refractivity contribution is 7.88. The summed E-state index contributed by atoms with van der Waals surface area (Å²) in [5.74, 6) is 0.180. The lowest BCUT2D eigenvalue weighted by atomic mass is 9.92. The van der Waals surface area contributed by atoms with Crippen molar-refractivity contribution in [1.29, 1.82) is 0 Å². The van der Waals surface area contributed by atoms with Crippen LogP contribution in [0.25, 0.3) is 0 Å². The molecule has 1 aliphatic heterocycles. The molecule has 1 amide bonds. The minimum atomic E-state index is -3.18. The Hall–Kier alpha value is -1.45. The molecule has 8 nitrogen and oxygen atoms in total. The van der Waals surface area contributed by atoms with E-state index in [0.29, 0.717) is 31.8 Å². The molecule has 2 N–H and O–H groups in total. The first kappa shape index (κ1) is 18.9. The van der Waals surface area contributed by atoms with Crippen LogP contribution < -0.4 is 10.0 Å². The van der Waals surface area contributed by atoms with Crippen LogP contribution in [0.15, 0.2) is 10.6 Å². The fourth-order valence-corrected chi connectivity index (χ4v) is 3.42. The van der Waals surface area contributed by atoms with Crippen LogP contribution in [0.1, 0.15) is 39.3 Å². The van der Waals surface area contributed by atoms with Gasteiger partial charge in [-0.15, -0.1) is 0 Å². The number of nitrogens with one attached hydrogen (secondary N) is 2. The fourth-order valence-electron chi connectivity index (χ4n) is 2.58. The Morgan fingerprint density at radius 2 is 2.00 bits per heavy atom. The third-order valence-corrected chi connectivity index (χ3v) is 4.64. The molecule has 0 radical (unpaired) electrons. The third kappa shape index (κ3) is 5.88. The molecule has 1 aromatic rings. The van der Waals surface area contributed by atoms with Crippen LogP contribution in [-0.2, 0) is 20.2 Å². The van der Waals surface area contributed by atoms with Crippen molar-refractivity contribution in [3.05, 3.63) is 11.8 Å². The molecule has 1 fully saturated rings. The lowest BCUT2D eigenvalue weighted by molar-refractivity contribution is -0.117. The molecule has 2 rings (SSSR count). The van der Waals surface area contributed by atoms with Crippen LogP contribution in [0.2, 0.25) is 0 Å². The number of anilines is 1. The van der Waals surface area contributed by atoms with Crippen molar-refractivity contribution in [2.45, 2.75) is 45.1 Å². The Morgan fingerprint density at radius 3 is 2.50 bits per heavy atom. The SMILES string of the molecule is CC(C)(C)c1cc(NC(=O)CN2CCC(NS(C)(=O)=O)CC2)on1. The minimum absolute atomic E-state index is 0.0528. The van der Waals surface area contributed by atoms with Gasteiger partial charge in [0, 0.05) is 30.6 Å². The highest BCUT2D eigenvalue weighted by Crippen LogP contribution is 2.23. The van der Waals surface area contributed by atoms with Gasteiger partial charge < -0.3 is 4.52 Å². The number of amides is 1. The highest BCUT2D eigenvalue weighted by atomic mass is 32.2. The predicted molar refractivity (Wildman–Crippen MR) is 91.3 cm³/mol. The van der Waals surface area contributed by atoms with Gasteiger partial charge >= 0.3 is 0 Å². The van der Waals surface area contributed by atoms with Crippen LogP contribution in [0.3, 0.4) is 0 Å². The lowest BCUT2D eigenvalue weighted by Gasteiger charge is -2.31. The standard InChI is InChI=1S/C15H26N4O4S/c1-15(2,3)12-9-14(23-17-12)16-13(20)10-19-7-5-11(6-8-19)18-24(4,21)22/h9,11,18H,5-8,10H2,1-4H3,(H,16,20). The Morgan fingerprint density at radius 1 is 1.38 bits per heavy atom. The molecule has 0 aliphatic carbocycles. The monoisotopic (exact) mass is 358 g/mol. The zero-order valence-corrected chi connectivity index (χ0v) is 15.4. The Balaban J connectivity index is 1.79. The van der Waals surface area contributed by atoms with E-state index in [0.717, 1.165) is 11.9 Å². The fraction of sp³-hybridized carbons (Fsp3) is 0.733. The first-order valence-electron chi connectivity index (χ1n) is 7.99. The summed E-state index contributed by atoms with van der Waals surface area (Å²) in [5.41, 5.74) is 0.645. The number of piperidine rings is 1. The molecule has 0 saturated carbocycles. The Labute approximate surface area is 143 Å². The maximum absolute atomic E-state index is 12.1. The van der Waals surface area contributed by atoms with Gasteiger partial charge in [0.2, 0.25) is 21.8 Å². The smallest absolute Gasteiger partial charge is 0.240 e. The molecule has 0 atom stereocenters. The van der Waals surface area contributed by atoms with E-state index in [1.807, 2.05) is 25.7 Å². The number of aromatic nitrogens is 1.